The summed E-state index contributed by atoms with van der Waals surface area (Å²) in [5, 5.41) is 18.5. The number of halogens is 1. The third kappa shape index (κ3) is 3.81. The Bertz CT molecular complexity index is 1110. The molecule has 2 aromatic carbocycles. The van der Waals surface area contributed by atoms with Crippen molar-refractivity contribution in [3.05, 3.63) is 66.2 Å². The summed E-state index contributed by atoms with van der Waals surface area (Å²) in [6, 6.07) is 12.8. The van der Waals surface area contributed by atoms with Gasteiger partial charge in [-0.2, -0.15) is 9.61 Å². The zero-order valence-electron chi connectivity index (χ0n) is 13.6. The molecule has 2 N–H and O–H groups in total. The van der Waals surface area contributed by atoms with Gasteiger partial charge in [-0.15, -0.1) is 10.2 Å². The van der Waals surface area contributed by atoms with E-state index in [0.29, 0.717) is 10.6 Å². The largest absolute Gasteiger partial charge is 0.332 e. The highest BCUT2D eigenvalue weighted by molar-refractivity contribution is 7.80. The molecule has 0 aliphatic rings. The van der Waals surface area contributed by atoms with Gasteiger partial charge in [-0.1, -0.05) is 17.4 Å². The van der Waals surface area contributed by atoms with Crippen LogP contribution in [0, 0.1) is 5.82 Å². The van der Waals surface area contributed by atoms with Crippen LogP contribution in [0.5, 0.6) is 0 Å². The highest BCUT2D eigenvalue weighted by Crippen LogP contribution is 2.25. The molecule has 27 heavy (non-hydrogen) atoms. The lowest BCUT2D eigenvalue weighted by molar-refractivity contribution is 0.0977. The molecule has 2 aromatic heterocycles. The van der Waals surface area contributed by atoms with Gasteiger partial charge >= 0.3 is 0 Å². The Kier molecular flexibility index (Phi) is 4.57. The molecule has 7 nitrogen and oxygen atoms in total. The molecule has 0 spiro atoms. The Morgan fingerprint density at radius 2 is 2.00 bits per heavy atom. The highest BCUT2D eigenvalue weighted by Gasteiger charge is 2.10. The van der Waals surface area contributed by atoms with E-state index in [1.54, 1.807) is 10.8 Å². The number of carbonyl (C=O) groups excluding carboxylic acids is 1. The van der Waals surface area contributed by atoms with Crippen molar-refractivity contribution in [2.75, 3.05) is 5.32 Å². The molecule has 0 aliphatic carbocycles. The van der Waals surface area contributed by atoms with E-state index >= 15 is 0 Å². The molecule has 134 valence electrons. The summed E-state index contributed by atoms with van der Waals surface area (Å²) in [6.45, 7) is 0. The van der Waals surface area contributed by atoms with E-state index in [1.165, 1.54) is 29.5 Å². The number of thiocarbonyl (C=S) groups is 1. The van der Waals surface area contributed by atoms with E-state index in [9.17, 15) is 9.18 Å². The molecular formula is C17H11FN6OS2. The zero-order valence-corrected chi connectivity index (χ0v) is 15.2. The van der Waals surface area contributed by atoms with Crippen LogP contribution < -0.4 is 10.6 Å². The van der Waals surface area contributed by atoms with Crippen molar-refractivity contribution in [2.24, 2.45) is 0 Å². The van der Waals surface area contributed by atoms with E-state index < -0.39 is 11.7 Å². The summed E-state index contributed by atoms with van der Waals surface area (Å²) in [7, 11) is 0. The van der Waals surface area contributed by atoms with E-state index in [2.05, 4.69) is 25.9 Å². The van der Waals surface area contributed by atoms with E-state index in [-0.39, 0.29) is 10.7 Å². The van der Waals surface area contributed by atoms with Gasteiger partial charge in [0.15, 0.2) is 5.11 Å². The SMILES string of the molecule is O=C(NC(=S)Nc1ccc(-c2nn3cnnc3s2)cc1)c1cccc(F)c1. The molecule has 0 saturated heterocycles. The third-order valence-corrected chi connectivity index (χ3v) is 4.76. The van der Waals surface area contributed by atoms with Crippen LogP contribution in [0.1, 0.15) is 10.4 Å². The zero-order chi connectivity index (χ0) is 18.8. The second-order valence-electron chi connectivity index (χ2n) is 5.46. The first-order valence-corrected chi connectivity index (χ1v) is 8.96. The van der Waals surface area contributed by atoms with Crippen molar-refractivity contribution in [1.29, 1.82) is 0 Å². The van der Waals surface area contributed by atoms with Crippen LogP contribution in [0.2, 0.25) is 0 Å². The average molecular weight is 398 g/mol. The fraction of sp³-hybridized carbons (Fsp3) is 0. The summed E-state index contributed by atoms with van der Waals surface area (Å²) in [5.74, 6) is -0.967. The van der Waals surface area contributed by atoms with Crippen LogP contribution in [-0.2, 0) is 0 Å². The maximum Gasteiger partial charge on any atom is 0.257 e. The lowest BCUT2D eigenvalue weighted by atomic mass is 10.2. The summed E-state index contributed by atoms with van der Waals surface area (Å²) >= 11 is 6.57. The van der Waals surface area contributed by atoms with E-state index in [1.807, 2.05) is 24.3 Å². The second kappa shape index (κ2) is 7.17. The minimum Gasteiger partial charge on any atom is -0.332 e. The minimum atomic E-state index is -0.484. The minimum absolute atomic E-state index is 0.121. The van der Waals surface area contributed by atoms with E-state index in [4.69, 9.17) is 12.2 Å². The average Bonchev–Trinajstić information content (AvgIpc) is 3.24. The predicted molar refractivity (Wildman–Crippen MR) is 104 cm³/mol. The van der Waals surface area contributed by atoms with Crippen LogP contribution >= 0.6 is 23.6 Å². The molecule has 0 unspecified atom stereocenters. The molecule has 1 amide bonds. The molecule has 2 heterocycles. The number of hydrogen-bond donors (Lipinski definition) is 2. The van der Waals surface area contributed by atoms with Crippen molar-refractivity contribution in [1.82, 2.24) is 25.1 Å². The molecular weight excluding hydrogens is 387 g/mol. The summed E-state index contributed by atoms with van der Waals surface area (Å²) in [6.07, 6.45) is 1.55. The molecule has 0 fully saturated rings. The van der Waals surface area contributed by atoms with Gasteiger partial charge in [0.2, 0.25) is 4.96 Å². The second-order valence-corrected chi connectivity index (χ2v) is 6.83. The number of benzene rings is 2. The van der Waals surface area contributed by atoms with Crippen molar-refractivity contribution >= 4 is 45.2 Å². The first-order chi connectivity index (χ1) is 13.1. The molecule has 0 atom stereocenters. The first kappa shape index (κ1) is 17.2. The Morgan fingerprint density at radius 1 is 1.19 bits per heavy atom. The van der Waals surface area contributed by atoms with Gasteiger partial charge in [0.1, 0.15) is 17.2 Å². The van der Waals surface area contributed by atoms with Gasteiger partial charge in [-0.05, 0) is 54.7 Å². The van der Waals surface area contributed by atoms with Crippen LogP contribution in [0.4, 0.5) is 10.1 Å². The number of hydrogen-bond acceptors (Lipinski definition) is 6. The number of rotatable bonds is 3. The molecule has 0 radical (unpaired) electrons. The van der Waals surface area contributed by atoms with Gasteiger partial charge in [0.25, 0.3) is 5.91 Å². The van der Waals surface area contributed by atoms with Crippen molar-refractivity contribution < 1.29 is 9.18 Å². The smallest absolute Gasteiger partial charge is 0.257 e. The maximum atomic E-state index is 13.2. The first-order valence-electron chi connectivity index (χ1n) is 7.74. The maximum absolute atomic E-state index is 13.2. The lowest BCUT2D eigenvalue weighted by Gasteiger charge is -2.10. The fourth-order valence-corrected chi connectivity index (χ4v) is 3.38. The summed E-state index contributed by atoms with van der Waals surface area (Å²) in [5.41, 5.74) is 1.81. The summed E-state index contributed by atoms with van der Waals surface area (Å²) in [4.78, 5) is 12.8. The topological polar surface area (TPSA) is 84.2 Å². The summed E-state index contributed by atoms with van der Waals surface area (Å²) < 4.78 is 14.8. The van der Waals surface area contributed by atoms with Gasteiger partial charge in [0, 0.05) is 16.8 Å². The Hall–Kier alpha value is -3.24. The molecule has 0 aliphatic heterocycles. The number of anilines is 1. The van der Waals surface area contributed by atoms with Gasteiger partial charge < -0.3 is 5.32 Å². The molecule has 4 rings (SSSR count). The molecule has 0 bridgehead atoms. The number of fused-ring (bicyclic) bond motifs is 1. The van der Waals surface area contributed by atoms with Crippen LogP contribution in [-0.4, -0.2) is 30.8 Å². The standard InChI is InChI=1S/C17H11FN6OS2/c18-12-3-1-2-11(8-12)14(25)21-16(26)20-13-6-4-10(5-7-13)15-23-24-9-19-22-17(24)27-15/h1-9H,(H2,20,21,25,26). The molecule has 4 aromatic rings. The number of carbonyl (C=O) groups is 1. The number of amides is 1. The number of aromatic nitrogens is 4. The highest BCUT2D eigenvalue weighted by atomic mass is 32.1. The Labute approximate surface area is 161 Å². The van der Waals surface area contributed by atoms with Crippen LogP contribution in [0.25, 0.3) is 15.5 Å². The fourth-order valence-electron chi connectivity index (χ4n) is 2.34. The van der Waals surface area contributed by atoms with Crippen molar-refractivity contribution in [2.45, 2.75) is 0 Å². The predicted octanol–water partition coefficient (Wildman–Crippen LogP) is 3.12. The molecule has 10 heteroatoms. The molecule has 0 saturated carbocycles. The van der Waals surface area contributed by atoms with Gasteiger partial charge in [0.05, 0.1) is 0 Å². The van der Waals surface area contributed by atoms with Crippen LogP contribution in [0.3, 0.4) is 0 Å². The van der Waals surface area contributed by atoms with Crippen LogP contribution in [0.15, 0.2) is 54.9 Å². The van der Waals surface area contributed by atoms with Crippen molar-refractivity contribution in [3.8, 4) is 10.6 Å². The third-order valence-electron chi connectivity index (χ3n) is 3.59. The van der Waals surface area contributed by atoms with Gasteiger partial charge in [-0.3, -0.25) is 10.1 Å². The van der Waals surface area contributed by atoms with Gasteiger partial charge in [-0.25, -0.2) is 4.39 Å². The monoisotopic (exact) mass is 398 g/mol. The van der Waals surface area contributed by atoms with E-state index in [0.717, 1.165) is 16.6 Å². The van der Waals surface area contributed by atoms with Crippen molar-refractivity contribution in [3.63, 3.8) is 0 Å². The Morgan fingerprint density at radius 3 is 2.74 bits per heavy atom. The normalized spacial score (nSPS) is 10.7. The number of nitrogens with zero attached hydrogens (tertiary/aromatic N) is 4. The Balaban J connectivity index is 1.41. The lowest BCUT2D eigenvalue weighted by Crippen LogP contribution is -2.34. The quantitative estimate of drug-likeness (QED) is 0.516. The number of nitrogens with one attached hydrogen (secondary N) is 2.